The maximum absolute atomic E-state index is 9.80. The van der Waals surface area contributed by atoms with E-state index in [0.717, 1.165) is 18.4 Å². The summed E-state index contributed by atoms with van der Waals surface area (Å²) in [5.41, 5.74) is 2.97. The van der Waals surface area contributed by atoms with Crippen LogP contribution in [-0.2, 0) is 10.9 Å². The van der Waals surface area contributed by atoms with Gasteiger partial charge in [0, 0.05) is 6.54 Å². The topological polar surface area (TPSA) is 59.1 Å². The molecule has 2 aromatic rings. The molecule has 1 N–H and O–H groups in total. The molecule has 0 aliphatic carbocycles. The number of aromatic nitrogens is 1. The number of benzene rings is 1. The van der Waals surface area contributed by atoms with Crippen molar-refractivity contribution in [2.24, 2.45) is 0 Å². The Balaban J connectivity index is 0.000000172. The summed E-state index contributed by atoms with van der Waals surface area (Å²) in [7, 11) is -2.36. The van der Waals surface area contributed by atoms with Crippen molar-refractivity contribution in [3.8, 4) is 0 Å². The quantitative estimate of drug-likeness (QED) is 0.662. The molecule has 1 heterocycles. The maximum atomic E-state index is 9.80. The molecule has 0 aliphatic heterocycles. The molecule has 94 valence electrons. The Morgan fingerprint density at radius 2 is 2.12 bits per heavy atom. The predicted molar refractivity (Wildman–Crippen MR) is 72.8 cm³/mol. The third-order valence-electron chi connectivity index (χ3n) is 2.01. The molecule has 0 atom stereocenters. The average molecular weight is 272 g/mol. The van der Waals surface area contributed by atoms with Gasteiger partial charge in [-0.05, 0) is 18.6 Å². The molecule has 0 aliphatic rings. The average Bonchev–Trinajstić information content (AvgIpc) is 2.78. The van der Waals surface area contributed by atoms with Crippen molar-refractivity contribution in [2.75, 3.05) is 6.54 Å². The monoisotopic (exact) mass is 272 g/mol. The Labute approximate surface area is 107 Å². The van der Waals surface area contributed by atoms with Gasteiger partial charge in [-0.25, -0.2) is 18.1 Å². The Kier molecular flexibility index (Phi) is 6.76. The summed E-state index contributed by atoms with van der Waals surface area (Å²) in [5, 5.41) is 0. The molecular formula is C11H16N2O2S2. The molecule has 0 radical (unpaired) electrons. The summed E-state index contributed by atoms with van der Waals surface area (Å²) >= 11 is 1.68. The van der Waals surface area contributed by atoms with Crippen molar-refractivity contribution in [3.63, 3.8) is 0 Å². The fraction of sp³-hybridized carbons (Fsp3) is 0.364. The summed E-state index contributed by atoms with van der Waals surface area (Å²) in [5.74, 6) is 0. The Bertz CT molecular complexity index is 471. The number of fused-ring (bicyclic) bond motifs is 1. The van der Waals surface area contributed by atoms with Crippen molar-refractivity contribution in [3.05, 3.63) is 29.8 Å². The summed E-state index contributed by atoms with van der Waals surface area (Å²) in [6.45, 7) is 2.59. The lowest BCUT2D eigenvalue weighted by Crippen LogP contribution is -2.11. The highest BCUT2D eigenvalue weighted by molar-refractivity contribution is 7.70. The van der Waals surface area contributed by atoms with E-state index < -0.39 is 10.9 Å². The third-order valence-corrected chi connectivity index (χ3v) is 3.30. The molecule has 4 nitrogen and oxygen atoms in total. The standard InChI is InChI=1S/C7H5NS.C4H11NO2S/c1-2-4-7-6(3-1)8-5-9-7;1-2-3-4-5-8(6)7/h1-5H;8H,2-4H2,1H3,(H,5,6,7). The molecule has 2 rings (SSSR count). The van der Waals surface area contributed by atoms with E-state index in [0.29, 0.717) is 6.54 Å². The number of nitrogens with zero attached hydrogens (tertiary/aromatic N) is 1. The van der Waals surface area contributed by atoms with E-state index in [1.807, 2.05) is 30.6 Å². The molecule has 6 heteroatoms. The molecule has 0 bridgehead atoms. The number of thiol groups is 1. The van der Waals surface area contributed by atoms with Crippen LogP contribution in [0.25, 0.3) is 10.2 Å². The molecule has 0 spiro atoms. The van der Waals surface area contributed by atoms with Crippen molar-refractivity contribution >= 4 is 32.4 Å². The summed E-state index contributed by atoms with van der Waals surface area (Å²) in [6, 6.07) is 8.13. The summed E-state index contributed by atoms with van der Waals surface area (Å²) < 4.78 is 23.2. The lowest BCUT2D eigenvalue weighted by molar-refractivity contribution is 0.598. The first-order valence-electron chi connectivity index (χ1n) is 5.40. The molecule has 0 amide bonds. The van der Waals surface area contributed by atoms with Crippen molar-refractivity contribution < 1.29 is 8.42 Å². The molecule has 0 saturated carbocycles. The zero-order valence-electron chi connectivity index (χ0n) is 9.63. The van der Waals surface area contributed by atoms with Gasteiger partial charge in [0.15, 0.2) is 0 Å². The van der Waals surface area contributed by atoms with Crippen LogP contribution in [0, 0.1) is 0 Å². The molecule has 0 fully saturated rings. The highest BCUT2D eigenvalue weighted by Crippen LogP contribution is 2.15. The molecule has 1 aromatic carbocycles. The summed E-state index contributed by atoms with van der Waals surface area (Å²) in [4.78, 5) is 4.14. The number of rotatable bonds is 4. The largest absolute Gasteiger partial charge is 0.245 e. The van der Waals surface area contributed by atoms with Gasteiger partial charge in [0.1, 0.15) is 0 Å². The van der Waals surface area contributed by atoms with Gasteiger partial charge in [0.2, 0.25) is 10.9 Å². The van der Waals surface area contributed by atoms with E-state index in [-0.39, 0.29) is 0 Å². The SMILES string of the molecule is CCCCN[SH](=O)=O.c1ccc2scnc2c1. The number of nitrogens with one attached hydrogen (secondary N) is 1. The van der Waals surface area contributed by atoms with E-state index in [2.05, 4.69) is 15.8 Å². The minimum Gasteiger partial charge on any atom is -0.245 e. The number of unbranched alkanes of at least 4 members (excludes halogenated alkanes) is 1. The summed E-state index contributed by atoms with van der Waals surface area (Å²) in [6.07, 6.45) is 1.94. The van der Waals surface area contributed by atoms with Crippen molar-refractivity contribution in [1.82, 2.24) is 9.71 Å². The Hall–Kier alpha value is -0.980. The molecular weight excluding hydrogens is 256 g/mol. The zero-order valence-corrected chi connectivity index (χ0v) is 11.3. The fourth-order valence-corrected chi connectivity index (χ4v) is 2.17. The second kappa shape index (κ2) is 8.16. The molecule has 0 saturated heterocycles. The number of thiazole rings is 1. The highest BCUT2D eigenvalue weighted by Gasteiger charge is 1.89. The highest BCUT2D eigenvalue weighted by atomic mass is 32.2. The molecule has 17 heavy (non-hydrogen) atoms. The van der Waals surface area contributed by atoms with Gasteiger partial charge in [0.05, 0.1) is 15.7 Å². The van der Waals surface area contributed by atoms with Crippen LogP contribution in [0.4, 0.5) is 0 Å². The predicted octanol–water partition coefficient (Wildman–Crippen LogP) is 2.20. The smallest absolute Gasteiger partial charge is 0.201 e. The first-order chi connectivity index (χ1) is 8.24. The molecule has 0 unspecified atom stereocenters. The van der Waals surface area contributed by atoms with E-state index >= 15 is 0 Å². The van der Waals surface area contributed by atoms with Crippen LogP contribution in [0.2, 0.25) is 0 Å². The first kappa shape index (κ1) is 14.1. The van der Waals surface area contributed by atoms with E-state index in [4.69, 9.17) is 0 Å². The van der Waals surface area contributed by atoms with Crippen molar-refractivity contribution in [2.45, 2.75) is 19.8 Å². The lowest BCUT2D eigenvalue weighted by Gasteiger charge is -1.90. The zero-order chi connectivity index (χ0) is 12.5. The van der Waals surface area contributed by atoms with Gasteiger partial charge >= 0.3 is 0 Å². The van der Waals surface area contributed by atoms with Gasteiger partial charge in [-0.1, -0.05) is 25.5 Å². The van der Waals surface area contributed by atoms with Crippen LogP contribution in [0.5, 0.6) is 0 Å². The van der Waals surface area contributed by atoms with Gasteiger partial charge in [-0.15, -0.1) is 11.3 Å². The Morgan fingerprint density at radius 3 is 2.76 bits per heavy atom. The number of hydrogen-bond donors (Lipinski definition) is 2. The van der Waals surface area contributed by atoms with E-state index in [1.165, 1.54) is 4.70 Å². The van der Waals surface area contributed by atoms with Crippen LogP contribution in [0.3, 0.4) is 0 Å². The second-order valence-corrected chi connectivity index (χ2v) is 5.06. The van der Waals surface area contributed by atoms with Gasteiger partial charge < -0.3 is 0 Å². The fourth-order valence-electron chi connectivity index (χ4n) is 1.15. The van der Waals surface area contributed by atoms with E-state index in [1.54, 1.807) is 11.3 Å². The minimum absolute atomic E-state index is 0.579. The van der Waals surface area contributed by atoms with Gasteiger partial charge in [-0.3, -0.25) is 0 Å². The van der Waals surface area contributed by atoms with Crippen LogP contribution >= 0.6 is 11.3 Å². The van der Waals surface area contributed by atoms with Crippen LogP contribution < -0.4 is 4.72 Å². The molecule has 1 aromatic heterocycles. The third kappa shape index (κ3) is 5.76. The lowest BCUT2D eigenvalue weighted by atomic mass is 10.3. The minimum atomic E-state index is -2.36. The van der Waals surface area contributed by atoms with Gasteiger partial charge in [0.25, 0.3) is 0 Å². The Morgan fingerprint density at radius 1 is 1.35 bits per heavy atom. The first-order valence-corrected chi connectivity index (χ1v) is 7.46. The number of para-hydroxylation sites is 1. The maximum Gasteiger partial charge on any atom is 0.201 e. The van der Waals surface area contributed by atoms with E-state index in [9.17, 15) is 8.42 Å². The normalized spacial score (nSPS) is 10.2. The van der Waals surface area contributed by atoms with Crippen LogP contribution in [-0.4, -0.2) is 19.9 Å². The van der Waals surface area contributed by atoms with Gasteiger partial charge in [-0.2, -0.15) is 0 Å². The van der Waals surface area contributed by atoms with Crippen LogP contribution in [0.1, 0.15) is 19.8 Å². The number of hydrogen-bond acceptors (Lipinski definition) is 4. The van der Waals surface area contributed by atoms with Crippen molar-refractivity contribution in [1.29, 1.82) is 0 Å². The second-order valence-electron chi connectivity index (χ2n) is 3.34. The van der Waals surface area contributed by atoms with Crippen LogP contribution in [0.15, 0.2) is 29.8 Å².